The van der Waals surface area contributed by atoms with Crippen LogP contribution in [0, 0.1) is 0 Å². The summed E-state index contributed by atoms with van der Waals surface area (Å²) in [6.07, 6.45) is 0.854. The molecule has 0 bridgehead atoms. The van der Waals surface area contributed by atoms with E-state index in [4.69, 9.17) is 5.14 Å². The second kappa shape index (κ2) is 8.27. The number of sulfonamides is 1. The highest BCUT2D eigenvalue weighted by Gasteiger charge is 2.52. The molecule has 2 aliphatic rings. The fourth-order valence-electron chi connectivity index (χ4n) is 4.61. The van der Waals surface area contributed by atoms with Crippen LogP contribution in [0.3, 0.4) is 0 Å². The maximum Gasteiger partial charge on any atom is 0.257 e. The van der Waals surface area contributed by atoms with Gasteiger partial charge in [0.1, 0.15) is 5.66 Å². The van der Waals surface area contributed by atoms with Crippen molar-refractivity contribution in [3.8, 4) is 0 Å². The molecule has 0 aromatic heterocycles. The van der Waals surface area contributed by atoms with Crippen LogP contribution in [0.4, 0.5) is 5.69 Å². The number of para-hydroxylation sites is 1. The number of primary sulfonamides is 1. The molecule has 174 valence electrons. The molecule has 2 aliphatic heterocycles. The number of rotatable bonds is 6. The minimum Gasteiger partial charge on any atom is -0.350 e. The second-order valence-corrected chi connectivity index (χ2v) is 10.1. The van der Waals surface area contributed by atoms with E-state index in [0.29, 0.717) is 29.7 Å². The lowest BCUT2D eigenvalue weighted by molar-refractivity contribution is -0.122. The molecule has 4 rings (SSSR count). The number of fused-ring (bicyclic) bond motifs is 3. The molecule has 0 spiro atoms. The van der Waals surface area contributed by atoms with Crippen molar-refractivity contribution in [2.75, 3.05) is 11.4 Å². The van der Waals surface area contributed by atoms with Crippen LogP contribution >= 0.6 is 0 Å². The third kappa shape index (κ3) is 4.11. The summed E-state index contributed by atoms with van der Waals surface area (Å²) in [7, 11) is -3.85. The van der Waals surface area contributed by atoms with Crippen molar-refractivity contribution in [3.63, 3.8) is 0 Å². The maximum absolute atomic E-state index is 13.2. The van der Waals surface area contributed by atoms with Crippen molar-refractivity contribution >= 4 is 33.4 Å². The average molecular weight is 471 g/mol. The summed E-state index contributed by atoms with van der Waals surface area (Å²) < 4.78 is 23.2. The van der Waals surface area contributed by atoms with Crippen LogP contribution in [-0.2, 0) is 19.6 Å². The molecule has 2 aromatic rings. The first-order valence-corrected chi connectivity index (χ1v) is 12.2. The Morgan fingerprint density at radius 3 is 2.64 bits per heavy atom. The molecule has 2 atom stereocenters. The SMILES string of the molecule is CC(NC(=O)CCN1C(=O)c2ccccc2N2C(=O)CCC12C)c1cccc(S(N)(=O)=O)c1. The van der Waals surface area contributed by atoms with E-state index in [2.05, 4.69) is 5.32 Å². The number of carbonyl (C=O) groups excluding carboxylic acids is 3. The van der Waals surface area contributed by atoms with Crippen LogP contribution in [0.25, 0.3) is 0 Å². The van der Waals surface area contributed by atoms with E-state index in [1.54, 1.807) is 53.1 Å². The van der Waals surface area contributed by atoms with Crippen molar-refractivity contribution in [1.82, 2.24) is 10.2 Å². The maximum atomic E-state index is 13.2. The van der Waals surface area contributed by atoms with Gasteiger partial charge in [-0.05, 0) is 50.1 Å². The number of hydrogen-bond acceptors (Lipinski definition) is 5. The lowest BCUT2D eigenvalue weighted by Gasteiger charge is -2.48. The van der Waals surface area contributed by atoms with Gasteiger partial charge in [0, 0.05) is 19.4 Å². The van der Waals surface area contributed by atoms with E-state index in [9.17, 15) is 22.8 Å². The molecule has 2 heterocycles. The van der Waals surface area contributed by atoms with Crippen molar-refractivity contribution < 1.29 is 22.8 Å². The van der Waals surface area contributed by atoms with Crippen LogP contribution < -0.4 is 15.4 Å². The molecule has 0 radical (unpaired) electrons. The first-order valence-electron chi connectivity index (χ1n) is 10.7. The number of carbonyl (C=O) groups is 3. The second-order valence-electron chi connectivity index (χ2n) is 8.58. The predicted molar refractivity (Wildman–Crippen MR) is 122 cm³/mol. The molecular weight excluding hydrogens is 444 g/mol. The van der Waals surface area contributed by atoms with Gasteiger partial charge in [-0.15, -0.1) is 0 Å². The Morgan fingerprint density at radius 2 is 1.91 bits per heavy atom. The van der Waals surface area contributed by atoms with Crippen LogP contribution in [0.2, 0.25) is 0 Å². The Hall–Kier alpha value is -3.24. The first kappa shape index (κ1) is 22.9. The van der Waals surface area contributed by atoms with Gasteiger partial charge in [0.2, 0.25) is 21.8 Å². The van der Waals surface area contributed by atoms with E-state index < -0.39 is 21.7 Å². The number of anilines is 1. The summed E-state index contributed by atoms with van der Waals surface area (Å²) in [4.78, 5) is 41.8. The zero-order valence-electron chi connectivity index (χ0n) is 18.4. The van der Waals surface area contributed by atoms with Gasteiger partial charge in [0.15, 0.2) is 0 Å². The number of benzene rings is 2. The Balaban J connectivity index is 1.48. The number of hydrogen-bond donors (Lipinski definition) is 2. The fraction of sp³-hybridized carbons (Fsp3) is 0.348. The van der Waals surface area contributed by atoms with Gasteiger partial charge in [-0.1, -0.05) is 24.3 Å². The van der Waals surface area contributed by atoms with E-state index in [1.165, 1.54) is 12.1 Å². The van der Waals surface area contributed by atoms with Crippen LogP contribution in [0.1, 0.15) is 55.1 Å². The number of amides is 3. The third-order valence-corrected chi connectivity index (χ3v) is 7.28. The largest absolute Gasteiger partial charge is 0.350 e. The van der Waals surface area contributed by atoms with Crippen molar-refractivity contribution in [3.05, 3.63) is 59.7 Å². The smallest absolute Gasteiger partial charge is 0.257 e. The number of nitrogens with zero attached hydrogens (tertiary/aromatic N) is 2. The molecule has 0 saturated carbocycles. The molecule has 33 heavy (non-hydrogen) atoms. The summed E-state index contributed by atoms with van der Waals surface area (Å²) in [6.45, 7) is 3.73. The van der Waals surface area contributed by atoms with Crippen molar-refractivity contribution in [2.45, 2.75) is 49.7 Å². The monoisotopic (exact) mass is 470 g/mol. The highest BCUT2D eigenvalue weighted by molar-refractivity contribution is 7.89. The third-order valence-electron chi connectivity index (χ3n) is 6.37. The minimum atomic E-state index is -3.85. The molecule has 2 unspecified atom stereocenters. The van der Waals surface area contributed by atoms with E-state index in [1.807, 2.05) is 6.92 Å². The lowest BCUT2D eigenvalue weighted by Crippen LogP contribution is -2.62. The Bertz CT molecular complexity index is 1240. The highest BCUT2D eigenvalue weighted by atomic mass is 32.2. The zero-order chi connectivity index (χ0) is 24.0. The molecule has 9 nitrogen and oxygen atoms in total. The molecular formula is C23H26N4O5S. The molecule has 1 saturated heterocycles. The Morgan fingerprint density at radius 1 is 1.18 bits per heavy atom. The van der Waals surface area contributed by atoms with Gasteiger partial charge in [0.25, 0.3) is 5.91 Å². The minimum absolute atomic E-state index is 0.0300. The van der Waals surface area contributed by atoms with Gasteiger partial charge in [0.05, 0.1) is 22.2 Å². The number of nitrogens with one attached hydrogen (secondary N) is 1. The zero-order valence-corrected chi connectivity index (χ0v) is 19.3. The summed E-state index contributed by atoms with van der Waals surface area (Å²) in [5.41, 5.74) is 0.825. The van der Waals surface area contributed by atoms with Crippen LogP contribution in [0.5, 0.6) is 0 Å². The quantitative estimate of drug-likeness (QED) is 0.666. The topological polar surface area (TPSA) is 130 Å². The summed E-state index contributed by atoms with van der Waals surface area (Å²) in [5, 5.41) is 8.02. The van der Waals surface area contributed by atoms with E-state index in [0.717, 1.165) is 0 Å². The van der Waals surface area contributed by atoms with Crippen LogP contribution in [-0.4, -0.2) is 43.2 Å². The molecule has 1 fully saturated rings. The Kier molecular flexibility index (Phi) is 5.75. The summed E-state index contributed by atoms with van der Waals surface area (Å²) in [5.74, 6) is -0.550. The van der Waals surface area contributed by atoms with Gasteiger partial charge >= 0.3 is 0 Å². The van der Waals surface area contributed by atoms with Gasteiger partial charge in [-0.25, -0.2) is 13.6 Å². The van der Waals surface area contributed by atoms with Gasteiger partial charge < -0.3 is 10.2 Å². The molecule has 10 heteroatoms. The van der Waals surface area contributed by atoms with Crippen molar-refractivity contribution in [2.24, 2.45) is 5.14 Å². The van der Waals surface area contributed by atoms with E-state index in [-0.39, 0.29) is 35.6 Å². The van der Waals surface area contributed by atoms with Crippen LogP contribution in [0.15, 0.2) is 53.4 Å². The highest BCUT2D eigenvalue weighted by Crippen LogP contribution is 2.43. The normalized spacial score (nSPS) is 20.9. The fourth-order valence-corrected chi connectivity index (χ4v) is 5.18. The van der Waals surface area contributed by atoms with Gasteiger partial charge in [-0.3, -0.25) is 19.3 Å². The summed E-state index contributed by atoms with van der Waals surface area (Å²) >= 11 is 0. The van der Waals surface area contributed by atoms with E-state index >= 15 is 0 Å². The standard InChI is InChI=1S/C23H26N4O5S/c1-15(16-6-5-7-17(14-16)33(24,31)32)25-20(28)11-13-26-22(30)18-8-3-4-9-19(18)27-21(29)10-12-23(26,27)2/h3-9,14-15H,10-13H2,1-2H3,(H,25,28)(H2,24,31,32). The van der Waals surface area contributed by atoms with Gasteiger partial charge in [-0.2, -0.15) is 0 Å². The first-order chi connectivity index (χ1) is 15.5. The predicted octanol–water partition coefficient (Wildman–Crippen LogP) is 1.90. The average Bonchev–Trinajstić information content (AvgIpc) is 3.08. The summed E-state index contributed by atoms with van der Waals surface area (Å²) in [6, 6.07) is 12.6. The number of nitrogens with two attached hydrogens (primary N) is 1. The molecule has 2 aromatic carbocycles. The molecule has 0 aliphatic carbocycles. The Labute approximate surface area is 192 Å². The lowest BCUT2D eigenvalue weighted by atomic mass is 9.98. The molecule has 3 amide bonds. The molecule has 3 N–H and O–H groups in total. The van der Waals surface area contributed by atoms with Crippen molar-refractivity contribution in [1.29, 1.82) is 0 Å².